The van der Waals surface area contributed by atoms with Gasteiger partial charge in [-0.1, -0.05) is 0 Å². The second kappa shape index (κ2) is 9.50. The molecular weight excluding hydrogens is 471 g/mol. The molecule has 0 aliphatic heterocycles. The SMILES string of the molecule is CCNC(=NCC1(CS(C)(=O)=O)CC1)NCCc1nc(C)c(C)s1.I. The highest BCUT2D eigenvalue weighted by Crippen LogP contribution is 2.46. The quantitative estimate of drug-likeness (QED) is 0.325. The second-order valence-corrected chi connectivity index (χ2v) is 10.1. The Bertz CT molecular complexity index is 677. The molecule has 1 aromatic heterocycles. The first-order chi connectivity index (χ1) is 11.2. The van der Waals surface area contributed by atoms with Crippen molar-refractivity contribution in [2.75, 3.05) is 31.6 Å². The molecule has 0 unspecified atom stereocenters. The van der Waals surface area contributed by atoms with Crippen LogP contribution >= 0.6 is 35.3 Å². The number of nitrogens with zero attached hydrogens (tertiary/aromatic N) is 2. The van der Waals surface area contributed by atoms with Crippen LogP contribution < -0.4 is 10.6 Å². The fraction of sp³-hybridized carbons (Fsp3) is 0.750. The third-order valence-electron chi connectivity index (χ3n) is 4.15. The van der Waals surface area contributed by atoms with Gasteiger partial charge < -0.3 is 10.6 Å². The molecule has 1 aliphatic carbocycles. The molecule has 2 rings (SSSR count). The molecule has 0 bridgehead atoms. The molecule has 0 spiro atoms. The number of hydrogen-bond donors (Lipinski definition) is 2. The summed E-state index contributed by atoms with van der Waals surface area (Å²) in [6.07, 6.45) is 4.05. The number of nitrogens with one attached hydrogen (secondary N) is 2. The molecule has 2 N–H and O–H groups in total. The summed E-state index contributed by atoms with van der Waals surface area (Å²) in [4.78, 5) is 10.4. The fourth-order valence-electron chi connectivity index (χ4n) is 2.60. The van der Waals surface area contributed by atoms with E-state index in [0.29, 0.717) is 6.54 Å². The molecule has 0 atom stereocenters. The molecule has 25 heavy (non-hydrogen) atoms. The lowest BCUT2D eigenvalue weighted by atomic mass is 10.1. The zero-order valence-corrected chi connectivity index (χ0v) is 19.3. The predicted molar refractivity (Wildman–Crippen MR) is 116 cm³/mol. The summed E-state index contributed by atoms with van der Waals surface area (Å²) in [5.74, 6) is 0.989. The van der Waals surface area contributed by atoms with E-state index >= 15 is 0 Å². The first-order valence-corrected chi connectivity index (χ1v) is 11.2. The number of hydrogen-bond acceptors (Lipinski definition) is 5. The molecule has 144 valence electrons. The summed E-state index contributed by atoms with van der Waals surface area (Å²) >= 11 is 1.74. The van der Waals surface area contributed by atoms with Crippen LogP contribution in [0.3, 0.4) is 0 Å². The van der Waals surface area contributed by atoms with Crippen molar-refractivity contribution in [3.63, 3.8) is 0 Å². The van der Waals surface area contributed by atoms with Crippen molar-refractivity contribution in [3.8, 4) is 0 Å². The highest BCUT2D eigenvalue weighted by atomic mass is 127. The van der Waals surface area contributed by atoms with Crippen LogP contribution in [0.15, 0.2) is 4.99 Å². The largest absolute Gasteiger partial charge is 0.357 e. The van der Waals surface area contributed by atoms with Gasteiger partial charge in [-0.3, -0.25) is 4.99 Å². The maximum absolute atomic E-state index is 11.5. The summed E-state index contributed by atoms with van der Waals surface area (Å²) in [6.45, 7) is 8.24. The van der Waals surface area contributed by atoms with Crippen LogP contribution in [-0.4, -0.2) is 51.0 Å². The lowest BCUT2D eigenvalue weighted by Crippen LogP contribution is -2.39. The van der Waals surface area contributed by atoms with Gasteiger partial charge >= 0.3 is 0 Å². The van der Waals surface area contributed by atoms with Crippen molar-refractivity contribution in [1.29, 1.82) is 0 Å². The summed E-state index contributed by atoms with van der Waals surface area (Å²) in [5, 5.41) is 7.67. The van der Waals surface area contributed by atoms with Gasteiger partial charge in [0.05, 0.1) is 16.5 Å². The third-order valence-corrected chi connectivity index (χ3v) is 6.42. The van der Waals surface area contributed by atoms with E-state index in [1.54, 1.807) is 11.3 Å². The zero-order valence-electron chi connectivity index (χ0n) is 15.4. The molecule has 1 fully saturated rings. The molecule has 0 radical (unpaired) electrons. The van der Waals surface area contributed by atoms with Crippen molar-refractivity contribution >= 4 is 51.1 Å². The van der Waals surface area contributed by atoms with Crippen molar-refractivity contribution in [2.45, 2.75) is 40.0 Å². The van der Waals surface area contributed by atoms with Gasteiger partial charge in [0.25, 0.3) is 0 Å². The molecule has 0 saturated heterocycles. The predicted octanol–water partition coefficient (Wildman–Crippen LogP) is 2.30. The second-order valence-electron chi connectivity index (χ2n) is 6.69. The van der Waals surface area contributed by atoms with Crippen LogP contribution in [0.2, 0.25) is 0 Å². The number of rotatable bonds is 8. The number of guanidine groups is 1. The van der Waals surface area contributed by atoms with E-state index in [2.05, 4.69) is 27.5 Å². The lowest BCUT2D eigenvalue weighted by Gasteiger charge is -2.14. The lowest BCUT2D eigenvalue weighted by molar-refractivity contribution is 0.550. The van der Waals surface area contributed by atoms with Gasteiger partial charge in [-0.2, -0.15) is 0 Å². The van der Waals surface area contributed by atoms with Crippen LogP contribution in [0.25, 0.3) is 0 Å². The maximum Gasteiger partial charge on any atom is 0.191 e. The van der Waals surface area contributed by atoms with Gasteiger partial charge in [0.15, 0.2) is 5.96 Å². The van der Waals surface area contributed by atoms with E-state index in [1.807, 2.05) is 13.8 Å². The van der Waals surface area contributed by atoms with Crippen molar-refractivity contribution in [1.82, 2.24) is 15.6 Å². The number of halogens is 1. The monoisotopic (exact) mass is 500 g/mol. The maximum atomic E-state index is 11.5. The van der Waals surface area contributed by atoms with Crippen molar-refractivity contribution < 1.29 is 8.42 Å². The van der Waals surface area contributed by atoms with Gasteiger partial charge in [-0.15, -0.1) is 35.3 Å². The summed E-state index contributed by atoms with van der Waals surface area (Å²) < 4.78 is 23.1. The van der Waals surface area contributed by atoms with Crippen LogP contribution in [-0.2, 0) is 16.3 Å². The van der Waals surface area contributed by atoms with Crippen LogP contribution in [0.5, 0.6) is 0 Å². The summed E-state index contributed by atoms with van der Waals surface area (Å²) in [5.41, 5.74) is 0.964. The third kappa shape index (κ3) is 7.78. The zero-order chi connectivity index (χ0) is 17.8. The molecule has 0 amide bonds. The molecule has 1 heterocycles. The number of aryl methyl sites for hydroxylation is 2. The number of aliphatic imine (C=N–C) groups is 1. The minimum absolute atomic E-state index is 0. The Labute approximate surface area is 172 Å². The summed E-state index contributed by atoms with van der Waals surface area (Å²) in [7, 11) is -2.95. The summed E-state index contributed by atoms with van der Waals surface area (Å²) in [6, 6.07) is 0. The van der Waals surface area contributed by atoms with E-state index in [4.69, 9.17) is 0 Å². The van der Waals surface area contributed by atoms with E-state index in [0.717, 1.165) is 49.0 Å². The van der Waals surface area contributed by atoms with Crippen LogP contribution in [0.1, 0.15) is 35.3 Å². The molecule has 1 saturated carbocycles. The van der Waals surface area contributed by atoms with E-state index in [9.17, 15) is 8.42 Å². The first-order valence-electron chi connectivity index (χ1n) is 8.36. The Morgan fingerprint density at radius 2 is 2.00 bits per heavy atom. The van der Waals surface area contributed by atoms with E-state index in [1.165, 1.54) is 11.1 Å². The molecule has 1 aromatic rings. The van der Waals surface area contributed by atoms with E-state index in [-0.39, 0.29) is 35.1 Å². The highest BCUT2D eigenvalue weighted by molar-refractivity contribution is 14.0. The first kappa shape index (κ1) is 22.6. The fourth-order valence-corrected chi connectivity index (χ4v) is 5.03. The highest BCUT2D eigenvalue weighted by Gasteiger charge is 2.45. The van der Waals surface area contributed by atoms with Gasteiger partial charge in [0, 0.05) is 42.6 Å². The molecule has 0 aromatic carbocycles. The Balaban J connectivity index is 0.00000312. The molecule has 9 heteroatoms. The standard InChI is InChI=1S/C16H28N4O2S2.HI/c1-5-17-15(18-9-6-14-20-12(2)13(3)23-14)19-10-16(7-8-16)11-24(4,21)22;/h5-11H2,1-4H3,(H2,17,18,19);1H. The van der Waals surface area contributed by atoms with E-state index < -0.39 is 9.84 Å². The van der Waals surface area contributed by atoms with Crippen LogP contribution in [0.4, 0.5) is 0 Å². The van der Waals surface area contributed by atoms with Gasteiger partial charge in [0.1, 0.15) is 9.84 Å². The Hall–Kier alpha value is -0.420. The molecule has 6 nitrogen and oxygen atoms in total. The van der Waals surface area contributed by atoms with Gasteiger partial charge in [-0.25, -0.2) is 13.4 Å². The average Bonchev–Trinajstić information content (AvgIpc) is 3.14. The van der Waals surface area contributed by atoms with Gasteiger partial charge in [0.2, 0.25) is 0 Å². The molecular formula is C16H29IN4O2S2. The topological polar surface area (TPSA) is 83.5 Å². The van der Waals surface area contributed by atoms with Crippen LogP contribution in [0, 0.1) is 19.3 Å². The normalized spacial score (nSPS) is 16.2. The molecule has 1 aliphatic rings. The smallest absolute Gasteiger partial charge is 0.191 e. The number of sulfone groups is 1. The average molecular weight is 500 g/mol. The van der Waals surface area contributed by atoms with Gasteiger partial charge in [-0.05, 0) is 33.6 Å². The minimum Gasteiger partial charge on any atom is -0.357 e. The number of thiazole rings is 1. The Kier molecular flexibility index (Phi) is 8.59. The minimum atomic E-state index is -2.95. The number of aromatic nitrogens is 1. The van der Waals surface area contributed by atoms with Crippen molar-refractivity contribution in [2.24, 2.45) is 10.4 Å². The Morgan fingerprint density at radius 1 is 1.32 bits per heavy atom. The van der Waals surface area contributed by atoms with Crippen molar-refractivity contribution in [3.05, 3.63) is 15.6 Å². The Morgan fingerprint density at radius 3 is 2.48 bits per heavy atom.